The molecule has 1 aromatic heterocycles. The van der Waals surface area contributed by atoms with Crippen LogP contribution in [-0.2, 0) is 19.0 Å². The SMILES string of the molecule is Cc1cc(C(=O)COC(=O)C2=COCCO2)c(C)n1-c1ccccc1F. The molecule has 0 amide bonds. The van der Waals surface area contributed by atoms with Crippen molar-refractivity contribution >= 4 is 11.8 Å². The van der Waals surface area contributed by atoms with Crippen LogP contribution in [0.3, 0.4) is 0 Å². The first kappa shape index (κ1) is 17.7. The highest BCUT2D eigenvalue weighted by atomic mass is 19.1. The summed E-state index contributed by atoms with van der Waals surface area (Å²) in [5, 5.41) is 0. The zero-order chi connectivity index (χ0) is 18.7. The third-order valence-corrected chi connectivity index (χ3v) is 4.01. The molecule has 1 aromatic carbocycles. The van der Waals surface area contributed by atoms with Crippen molar-refractivity contribution in [3.05, 3.63) is 65.1 Å². The molecule has 0 bridgehead atoms. The molecule has 0 saturated carbocycles. The lowest BCUT2D eigenvalue weighted by molar-refractivity contribution is -0.143. The van der Waals surface area contributed by atoms with Crippen molar-refractivity contribution in [2.45, 2.75) is 13.8 Å². The molecule has 26 heavy (non-hydrogen) atoms. The average molecular weight is 359 g/mol. The molecule has 0 atom stereocenters. The van der Waals surface area contributed by atoms with E-state index in [1.54, 1.807) is 42.7 Å². The number of halogens is 1. The van der Waals surface area contributed by atoms with Crippen LogP contribution in [0.25, 0.3) is 5.69 Å². The molecule has 0 spiro atoms. The molecule has 2 heterocycles. The number of aryl methyl sites for hydroxylation is 1. The Balaban J connectivity index is 1.76. The molecule has 1 aliphatic rings. The van der Waals surface area contributed by atoms with Crippen LogP contribution >= 0.6 is 0 Å². The van der Waals surface area contributed by atoms with Gasteiger partial charge in [-0.25, -0.2) is 9.18 Å². The molecule has 0 saturated heterocycles. The third kappa shape index (κ3) is 3.46. The van der Waals surface area contributed by atoms with Gasteiger partial charge in [0.25, 0.3) is 0 Å². The minimum atomic E-state index is -0.763. The summed E-state index contributed by atoms with van der Waals surface area (Å²) in [5.74, 6) is -1.60. The largest absolute Gasteiger partial charge is 0.493 e. The summed E-state index contributed by atoms with van der Waals surface area (Å²) in [6, 6.07) is 7.97. The van der Waals surface area contributed by atoms with Gasteiger partial charge in [0, 0.05) is 17.0 Å². The number of ketones is 1. The summed E-state index contributed by atoms with van der Waals surface area (Å²) in [6.45, 7) is 3.66. The van der Waals surface area contributed by atoms with Gasteiger partial charge in [-0.05, 0) is 32.0 Å². The lowest BCUT2D eigenvalue weighted by atomic mass is 10.1. The Morgan fingerprint density at radius 1 is 1.23 bits per heavy atom. The third-order valence-electron chi connectivity index (χ3n) is 4.01. The number of rotatable bonds is 5. The molecule has 0 N–H and O–H groups in total. The topological polar surface area (TPSA) is 66.8 Å². The molecule has 0 aliphatic carbocycles. The summed E-state index contributed by atoms with van der Waals surface area (Å²) in [7, 11) is 0. The minimum absolute atomic E-state index is 0.0686. The predicted molar refractivity (Wildman–Crippen MR) is 90.5 cm³/mol. The lowest BCUT2D eigenvalue weighted by Crippen LogP contribution is -2.20. The van der Waals surface area contributed by atoms with E-state index in [0.717, 1.165) is 0 Å². The van der Waals surface area contributed by atoms with Crippen molar-refractivity contribution < 1.29 is 28.2 Å². The van der Waals surface area contributed by atoms with Crippen molar-refractivity contribution in [3.63, 3.8) is 0 Å². The van der Waals surface area contributed by atoms with Crippen LogP contribution in [0.2, 0.25) is 0 Å². The van der Waals surface area contributed by atoms with Crippen molar-refractivity contribution in [1.29, 1.82) is 0 Å². The van der Waals surface area contributed by atoms with Crippen LogP contribution in [-0.4, -0.2) is 36.1 Å². The highest BCUT2D eigenvalue weighted by molar-refractivity contribution is 6.00. The maximum atomic E-state index is 14.1. The van der Waals surface area contributed by atoms with Gasteiger partial charge in [-0.1, -0.05) is 12.1 Å². The second-order valence-electron chi connectivity index (χ2n) is 5.77. The summed E-state index contributed by atoms with van der Waals surface area (Å²) < 4.78 is 30.8. The monoisotopic (exact) mass is 359 g/mol. The average Bonchev–Trinajstić information content (AvgIpc) is 2.95. The number of nitrogens with zero attached hydrogens (tertiary/aromatic N) is 1. The van der Waals surface area contributed by atoms with E-state index in [9.17, 15) is 14.0 Å². The first-order valence-corrected chi connectivity index (χ1v) is 8.07. The van der Waals surface area contributed by atoms with Crippen molar-refractivity contribution in [3.8, 4) is 5.69 Å². The molecular weight excluding hydrogens is 341 g/mol. The van der Waals surface area contributed by atoms with Gasteiger partial charge in [0.15, 0.2) is 6.61 Å². The Labute approximate surface area is 149 Å². The molecule has 2 aromatic rings. The van der Waals surface area contributed by atoms with E-state index >= 15 is 0 Å². The molecule has 0 unspecified atom stereocenters. The van der Waals surface area contributed by atoms with Crippen molar-refractivity contribution in [2.75, 3.05) is 19.8 Å². The van der Waals surface area contributed by atoms with Crippen LogP contribution < -0.4 is 0 Å². The molecule has 0 fully saturated rings. The number of hydrogen-bond acceptors (Lipinski definition) is 5. The fraction of sp³-hybridized carbons (Fsp3) is 0.263. The van der Waals surface area contributed by atoms with Gasteiger partial charge in [-0.2, -0.15) is 0 Å². The number of esters is 1. The molecule has 1 aliphatic heterocycles. The second kappa shape index (κ2) is 7.43. The van der Waals surface area contributed by atoms with Crippen LogP contribution in [0.5, 0.6) is 0 Å². The Morgan fingerprint density at radius 3 is 2.69 bits per heavy atom. The molecule has 6 nitrogen and oxygen atoms in total. The van der Waals surface area contributed by atoms with Gasteiger partial charge >= 0.3 is 5.97 Å². The van der Waals surface area contributed by atoms with Crippen LogP contribution in [0.1, 0.15) is 21.7 Å². The van der Waals surface area contributed by atoms with E-state index in [-0.39, 0.29) is 24.0 Å². The highest BCUT2D eigenvalue weighted by Crippen LogP contribution is 2.23. The van der Waals surface area contributed by atoms with Gasteiger partial charge in [-0.15, -0.1) is 0 Å². The van der Waals surface area contributed by atoms with Gasteiger partial charge in [0.05, 0.1) is 5.69 Å². The first-order chi connectivity index (χ1) is 12.5. The smallest absolute Gasteiger partial charge is 0.377 e. The van der Waals surface area contributed by atoms with E-state index in [1.807, 2.05) is 0 Å². The summed E-state index contributed by atoms with van der Waals surface area (Å²) in [5.41, 5.74) is 2.00. The maximum Gasteiger partial charge on any atom is 0.377 e. The number of carbonyl (C=O) groups is 2. The van der Waals surface area contributed by atoms with E-state index in [4.69, 9.17) is 14.2 Å². The number of carbonyl (C=O) groups excluding carboxylic acids is 2. The van der Waals surface area contributed by atoms with Crippen molar-refractivity contribution in [2.24, 2.45) is 0 Å². The number of hydrogen-bond donors (Lipinski definition) is 0. The van der Waals surface area contributed by atoms with E-state index in [1.165, 1.54) is 12.3 Å². The van der Waals surface area contributed by atoms with Gasteiger partial charge in [-0.3, -0.25) is 4.79 Å². The Kier molecular flexibility index (Phi) is 5.06. The number of para-hydroxylation sites is 1. The van der Waals surface area contributed by atoms with E-state index in [0.29, 0.717) is 29.2 Å². The fourth-order valence-electron chi connectivity index (χ4n) is 2.80. The normalized spacial score (nSPS) is 13.4. The van der Waals surface area contributed by atoms with E-state index < -0.39 is 12.6 Å². The Bertz CT molecular complexity index is 884. The number of aromatic nitrogens is 1. The number of Topliss-reactive ketones (excluding diaryl/α,β-unsaturated/α-hetero) is 1. The summed E-state index contributed by atoms with van der Waals surface area (Å²) in [4.78, 5) is 24.3. The van der Waals surface area contributed by atoms with Crippen LogP contribution in [0.4, 0.5) is 4.39 Å². The summed E-state index contributed by atoms with van der Waals surface area (Å²) in [6.07, 6.45) is 1.17. The molecule has 3 rings (SSSR count). The lowest BCUT2D eigenvalue weighted by Gasteiger charge is -2.14. The first-order valence-electron chi connectivity index (χ1n) is 8.07. The number of benzene rings is 1. The quantitative estimate of drug-likeness (QED) is 0.607. The van der Waals surface area contributed by atoms with Crippen LogP contribution in [0, 0.1) is 19.7 Å². The zero-order valence-corrected chi connectivity index (χ0v) is 14.5. The predicted octanol–water partition coefficient (Wildman–Crippen LogP) is 2.85. The van der Waals surface area contributed by atoms with E-state index in [2.05, 4.69) is 0 Å². The Hall–Kier alpha value is -3.09. The zero-order valence-electron chi connectivity index (χ0n) is 14.5. The number of ether oxygens (including phenoxy) is 3. The minimum Gasteiger partial charge on any atom is -0.493 e. The van der Waals surface area contributed by atoms with Crippen molar-refractivity contribution in [1.82, 2.24) is 4.57 Å². The van der Waals surface area contributed by atoms with Crippen LogP contribution in [0.15, 0.2) is 42.4 Å². The van der Waals surface area contributed by atoms with Gasteiger partial charge in [0.2, 0.25) is 11.5 Å². The fourth-order valence-corrected chi connectivity index (χ4v) is 2.80. The Morgan fingerprint density at radius 2 is 2.00 bits per heavy atom. The molecule has 7 heteroatoms. The highest BCUT2D eigenvalue weighted by Gasteiger charge is 2.22. The van der Waals surface area contributed by atoms with Gasteiger partial charge in [0.1, 0.15) is 25.3 Å². The maximum absolute atomic E-state index is 14.1. The second-order valence-corrected chi connectivity index (χ2v) is 5.77. The molecular formula is C19H18FNO5. The molecule has 136 valence electrons. The molecule has 0 radical (unpaired) electrons. The van der Waals surface area contributed by atoms with Gasteiger partial charge < -0.3 is 18.8 Å². The summed E-state index contributed by atoms with van der Waals surface area (Å²) >= 11 is 0. The standard InChI is InChI=1S/C19H18FNO5/c1-12-9-14(13(2)21(12)16-6-4-3-5-15(16)20)17(22)10-26-19(23)18-11-24-7-8-25-18/h3-6,9,11H,7-8,10H2,1-2H3.